The molecule has 0 spiro atoms. The highest BCUT2D eigenvalue weighted by molar-refractivity contribution is 6.31. The lowest BCUT2D eigenvalue weighted by molar-refractivity contribution is 0.266. The van der Waals surface area contributed by atoms with Gasteiger partial charge in [-0.25, -0.2) is 0 Å². The number of nitrogens with two attached hydrogens (primary N) is 1. The van der Waals surface area contributed by atoms with Crippen LogP contribution in [0.5, 0.6) is 0 Å². The van der Waals surface area contributed by atoms with E-state index in [9.17, 15) is 0 Å². The number of aromatic nitrogens is 2. The fourth-order valence-corrected chi connectivity index (χ4v) is 1.78. The average Bonchev–Trinajstić information content (AvgIpc) is 2.58. The number of rotatable bonds is 4. The number of nitrogens with zero attached hydrogens (tertiary/aromatic N) is 2. The fraction of sp³-hybridized carbons (Fsp3) is 0.727. The van der Waals surface area contributed by atoms with Gasteiger partial charge in [0.15, 0.2) is 0 Å². The maximum atomic E-state index is 6.26. The molecule has 0 aromatic carbocycles. The van der Waals surface area contributed by atoms with E-state index in [0.29, 0.717) is 5.02 Å². The highest BCUT2D eigenvalue weighted by Crippen LogP contribution is 2.36. The van der Waals surface area contributed by atoms with E-state index in [1.165, 1.54) is 0 Å². The highest BCUT2D eigenvalue weighted by atomic mass is 35.5. The second-order valence-corrected chi connectivity index (χ2v) is 4.92. The third-order valence-corrected chi connectivity index (χ3v) is 3.47. The molecule has 1 atom stereocenters. The van der Waals surface area contributed by atoms with Gasteiger partial charge < -0.3 is 5.73 Å². The number of aryl methyl sites for hydroxylation is 1. The van der Waals surface area contributed by atoms with Crippen LogP contribution in [-0.4, -0.2) is 9.78 Å². The van der Waals surface area contributed by atoms with Crippen LogP contribution in [0, 0.1) is 5.41 Å². The molecule has 2 N–H and O–H groups in total. The third kappa shape index (κ3) is 2.34. The topological polar surface area (TPSA) is 43.8 Å². The predicted octanol–water partition coefficient (Wildman–Crippen LogP) is 2.99. The molecule has 1 rings (SSSR count). The molecule has 15 heavy (non-hydrogen) atoms. The van der Waals surface area contributed by atoms with Crippen molar-refractivity contribution < 1.29 is 0 Å². The van der Waals surface area contributed by atoms with E-state index in [1.54, 1.807) is 6.20 Å². The first-order chi connectivity index (χ1) is 6.94. The Bertz CT molecular complexity index is 331. The van der Waals surface area contributed by atoms with Crippen LogP contribution in [0.1, 0.15) is 45.9 Å². The summed E-state index contributed by atoms with van der Waals surface area (Å²) in [4.78, 5) is 0. The van der Waals surface area contributed by atoms with Crippen molar-refractivity contribution in [2.75, 3.05) is 0 Å². The molecule has 1 aromatic heterocycles. The van der Waals surface area contributed by atoms with Crippen molar-refractivity contribution in [1.82, 2.24) is 9.78 Å². The maximum Gasteiger partial charge on any atom is 0.0834 e. The molecule has 3 nitrogen and oxygen atoms in total. The summed E-state index contributed by atoms with van der Waals surface area (Å²) in [6, 6.07) is -0.0718. The van der Waals surface area contributed by atoms with E-state index in [-0.39, 0.29) is 11.5 Å². The van der Waals surface area contributed by atoms with Crippen LogP contribution in [0.4, 0.5) is 0 Å². The molecule has 4 heteroatoms. The van der Waals surface area contributed by atoms with Crippen molar-refractivity contribution in [2.24, 2.45) is 11.1 Å². The molecular weight excluding hydrogens is 210 g/mol. The third-order valence-electron chi connectivity index (χ3n) is 3.18. The smallest absolute Gasteiger partial charge is 0.0834 e. The molecule has 0 amide bonds. The summed E-state index contributed by atoms with van der Waals surface area (Å²) in [6.45, 7) is 9.29. The van der Waals surface area contributed by atoms with Gasteiger partial charge in [0.1, 0.15) is 0 Å². The van der Waals surface area contributed by atoms with Crippen LogP contribution >= 0.6 is 11.6 Å². The molecule has 1 aromatic rings. The fourth-order valence-electron chi connectivity index (χ4n) is 1.52. The van der Waals surface area contributed by atoms with Crippen molar-refractivity contribution in [3.8, 4) is 0 Å². The van der Waals surface area contributed by atoms with Crippen LogP contribution in [-0.2, 0) is 6.54 Å². The first-order valence-corrected chi connectivity index (χ1v) is 5.78. The van der Waals surface area contributed by atoms with Crippen LogP contribution in [0.2, 0.25) is 5.02 Å². The van der Waals surface area contributed by atoms with Crippen LogP contribution < -0.4 is 5.73 Å². The van der Waals surface area contributed by atoms with Crippen molar-refractivity contribution in [1.29, 1.82) is 0 Å². The number of hydrogen-bond donors (Lipinski definition) is 1. The molecule has 0 aliphatic carbocycles. The lowest BCUT2D eigenvalue weighted by Crippen LogP contribution is -2.31. The van der Waals surface area contributed by atoms with Gasteiger partial charge in [0.05, 0.1) is 23.0 Å². The Morgan fingerprint density at radius 3 is 2.60 bits per heavy atom. The van der Waals surface area contributed by atoms with Crippen molar-refractivity contribution >= 4 is 11.6 Å². The monoisotopic (exact) mass is 229 g/mol. The largest absolute Gasteiger partial charge is 0.322 e. The van der Waals surface area contributed by atoms with E-state index < -0.39 is 0 Å². The number of halogens is 1. The minimum atomic E-state index is -0.0718. The van der Waals surface area contributed by atoms with Gasteiger partial charge in [-0.3, -0.25) is 4.68 Å². The average molecular weight is 230 g/mol. The van der Waals surface area contributed by atoms with Gasteiger partial charge in [-0.05, 0) is 18.8 Å². The summed E-state index contributed by atoms with van der Waals surface area (Å²) in [6.07, 6.45) is 2.69. The van der Waals surface area contributed by atoms with E-state index >= 15 is 0 Å². The summed E-state index contributed by atoms with van der Waals surface area (Å²) in [5, 5.41) is 4.88. The van der Waals surface area contributed by atoms with E-state index in [4.69, 9.17) is 17.3 Å². The van der Waals surface area contributed by atoms with Gasteiger partial charge >= 0.3 is 0 Å². The van der Waals surface area contributed by atoms with Crippen LogP contribution in [0.3, 0.4) is 0 Å². The molecule has 0 aliphatic rings. The second kappa shape index (κ2) is 4.54. The van der Waals surface area contributed by atoms with Crippen molar-refractivity contribution in [3.63, 3.8) is 0 Å². The summed E-state index contributed by atoms with van der Waals surface area (Å²) in [7, 11) is 0. The zero-order chi connectivity index (χ0) is 11.6. The van der Waals surface area contributed by atoms with Gasteiger partial charge in [-0.15, -0.1) is 0 Å². The van der Waals surface area contributed by atoms with E-state index in [1.807, 2.05) is 11.6 Å². The van der Waals surface area contributed by atoms with E-state index in [0.717, 1.165) is 18.7 Å². The Morgan fingerprint density at radius 2 is 2.13 bits per heavy atom. The standard InChI is InChI=1S/C11H20ClN3/c1-5-11(3,4)10(13)9-8(12)7-14-15(9)6-2/h7,10H,5-6,13H2,1-4H3. The van der Waals surface area contributed by atoms with Gasteiger partial charge in [0.2, 0.25) is 0 Å². The molecule has 86 valence electrons. The first kappa shape index (κ1) is 12.5. The minimum Gasteiger partial charge on any atom is -0.322 e. The van der Waals surface area contributed by atoms with Gasteiger partial charge in [0, 0.05) is 6.54 Å². The SMILES string of the molecule is CCn1ncc(Cl)c1C(N)C(C)(C)CC. The van der Waals surface area contributed by atoms with Gasteiger partial charge in [-0.2, -0.15) is 5.10 Å². The van der Waals surface area contributed by atoms with Crippen molar-refractivity contribution in [2.45, 2.75) is 46.7 Å². The molecule has 1 heterocycles. The molecule has 0 saturated heterocycles. The lowest BCUT2D eigenvalue weighted by Gasteiger charge is -2.31. The maximum absolute atomic E-state index is 6.26. The molecule has 0 aliphatic heterocycles. The Labute approximate surface area is 96.6 Å². The first-order valence-electron chi connectivity index (χ1n) is 5.40. The summed E-state index contributed by atoms with van der Waals surface area (Å²) >= 11 is 6.12. The minimum absolute atomic E-state index is 0.0383. The Hall–Kier alpha value is -0.540. The zero-order valence-corrected chi connectivity index (χ0v) is 10.7. The lowest BCUT2D eigenvalue weighted by atomic mass is 9.81. The Morgan fingerprint density at radius 1 is 1.53 bits per heavy atom. The van der Waals surface area contributed by atoms with Crippen LogP contribution in [0.25, 0.3) is 0 Å². The highest BCUT2D eigenvalue weighted by Gasteiger charge is 2.30. The summed E-state index contributed by atoms with van der Waals surface area (Å²) in [5.74, 6) is 0. The molecule has 0 fully saturated rings. The number of hydrogen-bond acceptors (Lipinski definition) is 2. The van der Waals surface area contributed by atoms with Gasteiger partial charge in [-0.1, -0.05) is 32.4 Å². The zero-order valence-electron chi connectivity index (χ0n) is 9.92. The molecule has 0 radical (unpaired) electrons. The van der Waals surface area contributed by atoms with E-state index in [2.05, 4.69) is 25.9 Å². The van der Waals surface area contributed by atoms with Crippen LogP contribution in [0.15, 0.2) is 6.20 Å². The summed E-state index contributed by atoms with van der Waals surface area (Å²) in [5.41, 5.74) is 7.25. The molecule has 0 saturated carbocycles. The normalized spacial score (nSPS) is 14.3. The summed E-state index contributed by atoms with van der Waals surface area (Å²) < 4.78 is 1.88. The Kier molecular flexibility index (Phi) is 3.79. The Balaban J connectivity index is 3.09. The van der Waals surface area contributed by atoms with Crippen molar-refractivity contribution in [3.05, 3.63) is 16.9 Å². The van der Waals surface area contributed by atoms with Gasteiger partial charge in [0.25, 0.3) is 0 Å². The predicted molar refractivity (Wildman–Crippen MR) is 63.9 cm³/mol. The molecular formula is C11H20ClN3. The molecule has 0 bridgehead atoms. The molecule has 1 unspecified atom stereocenters. The second-order valence-electron chi connectivity index (χ2n) is 4.51. The quantitative estimate of drug-likeness (QED) is 0.863.